The van der Waals surface area contributed by atoms with Crippen LogP contribution in [-0.2, 0) is 29.2 Å². The van der Waals surface area contributed by atoms with Crippen LogP contribution in [0.2, 0.25) is 0 Å². The van der Waals surface area contributed by atoms with E-state index >= 15 is 0 Å². The second-order valence-corrected chi connectivity index (χ2v) is 14.4. The molecule has 0 spiro atoms. The van der Waals surface area contributed by atoms with Crippen LogP contribution in [-0.4, -0.2) is 73.0 Å². The van der Waals surface area contributed by atoms with Crippen molar-refractivity contribution in [2.75, 3.05) is 26.2 Å². The quantitative estimate of drug-likeness (QED) is 0.0404. The summed E-state index contributed by atoms with van der Waals surface area (Å²) in [6.45, 7) is 22.8. The Bertz CT molecular complexity index is 793. The molecule has 8 nitrogen and oxygen atoms in total. The summed E-state index contributed by atoms with van der Waals surface area (Å²) in [6.07, 6.45) is 17.6. The number of rotatable bonds is 28. The van der Waals surface area contributed by atoms with Gasteiger partial charge in [0.15, 0.2) is 5.25 Å². The van der Waals surface area contributed by atoms with Crippen LogP contribution in [0.1, 0.15) is 177 Å². The number of unbranched alkanes of at least 4 members (excludes halogenated alkanes) is 8. The summed E-state index contributed by atoms with van der Waals surface area (Å²) < 4.78 is 46.5. The molecule has 47 heavy (non-hydrogen) atoms. The van der Waals surface area contributed by atoms with Gasteiger partial charge in [-0.2, -0.15) is 0 Å². The number of carbonyl (C=O) groups is 2. The van der Waals surface area contributed by atoms with Crippen LogP contribution < -0.4 is 59.1 Å². The van der Waals surface area contributed by atoms with Crippen molar-refractivity contribution in [1.29, 1.82) is 0 Å². The third kappa shape index (κ3) is 29.1. The molecule has 0 radical (unpaired) electrons. The molecule has 270 valence electrons. The average molecular weight is 710 g/mol. The molecule has 0 aromatic carbocycles. The van der Waals surface area contributed by atoms with Gasteiger partial charge in [0.25, 0.3) is 0 Å². The molecule has 11 heteroatoms. The van der Waals surface area contributed by atoms with Crippen molar-refractivity contribution in [3.8, 4) is 0 Å². The van der Waals surface area contributed by atoms with E-state index in [4.69, 9.17) is 9.47 Å². The number of ether oxygens (including phenoxy) is 2. The van der Waals surface area contributed by atoms with Crippen molar-refractivity contribution in [1.82, 2.24) is 0 Å². The zero-order valence-electron chi connectivity index (χ0n) is 32.7. The summed E-state index contributed by atoms with van der Waals surface area (Å²) in [4.78, 5) is 24.4. The van der Waals surface area contributed by atoms with Crippen LogP contribution in [0.25, 0.3) is 0 Å². The summed E-state index contributed by atoms with van der Waals surface area (Å²) in [5, 5.41) is -2.06. The molecule has 3 unspecified atom stereocenters. The SMILES string of the molecule is CCCCCC(CC)OC(=O)CC(C(=O)OC(CC)CCCCC)S(=O)(=O)[O-].CCCC[N+](CCCC)(CCCC)CCCC.[Na+].[Na+]. The van der Waals surface area contributed by atoms with Crippen LogP contribution in [0, 0.1) is 0 Å². The van der Waals surface area contributed by atoms with Gasteiger partial charge in [0, 0.05) is 0 Å². The Hall–Kier alpha value is 0.810. The van der Waals surface area contributed by atoms with E-state index in [-0.39, 0.29) is 65.2 Å². The fraction of sp³-hybridized carbons (Fsp3) is 0.944. The van der Waals surface area contributed by atoms with E-state index < -0.39 is 39.8 Å². The zero-order valence-corrected chi connectivity index (χ0v) is 37.5. The molecule has 0 amide bonds. The van der Waals surface area contributed by atoms with Gasteiger partial charge in [0.2, 0.25) is 0 Å². The molecule has 0 heterocycles. The molecule has 0 aliphatic carbocycles. The predicted molar refractivity (Wildman–Crippen MR) is 186 cm³/mol. The summed E-state index contributed by atoms with van der Waals surface area (Å²) in [7, 11) is -5.03. The molecule has 0 saturated carbocycles. The van der Waals surface area contributed by atoms with Gasteiger partial charge >= 0.3 is 71.1 Å². The summed E-state index contributed by atoms with van der Waals surface area (Å²) in [5.74, 6) is -2.02. The topological polar surface area (TPSA) is 110 Å². The molecule has 0 rings (SSSR count). The molecule has 0 N–H and O–H groups in total. The number of nitrogens with zero attached hydrogens (tertiary/aromatic N) is 1. The van der Waals surface area contributed by atoms with Gasteiger partial charge in [-0.1, -0.05) is 107 Å². The Morgan fingerprint density at radius 1 is 0.574 bits per heavy atom. The normalized spacial score (nSPS) is 13.2. The Balaban J connectivity index is -0.000000420. The zero-order chi connectivity index (χ0) is 34.6. The van der Waals surface area contributed by atoms with Gasteiger partial charge in [-0.25, -0.2) is 8.42 Å². The minimum absolute atomic E-state index is 0. The molecule has 0 aromatic rings. The summed E-state index contributed by atoms with van der Waals surface area (Å²) in [5.41, 5.74) is 0. The molecule has 0 fully saturated rings. The predicted octanol–water partition coefficient (Wildman–Crippen LogP) is 3.11. The van der Waals surface area contributed by atoms with Crippen LogP contribution in [0.15, 0.2) is 0 Å². The van der Waals surface area contributed by atoms with Crippen molar-refractivity contribution in [2.24, 2.45) is 0 Å². The first-order valence-electron chi connectivity index (χ1n) is 18.6. The van der Waals surface area contributed by atoms with E-state index in [1.165, 1.54) is 82.0 Å². The van der Waals surface area contributed by atoms with E-state index in [1.54, 1.807) is 0 Å². The minimum atomic E-state index is -5.03. The molecule has 0 bridgehead atoms. The second-order valence-electron chi connectivity index (χ2n) is 12.8. The maximum atomic E-state index is 12.3. The van der Waals surface area contributed by atoms with Crippen molar-refractivity contribution < 1.29 is 95.6 Å². The van der Waals surface area contributed by atoms with E-state index in [0.29, 0.717) is 25.7 Å². The van der Waals surface area contributed by atoms with E-state index in [2.05, 4.69) is 34.6 Å². The molecule has 0 aromatic heterocycles. The summed E-state index contributed by atoms with van der Waals surface area (Å²) >= 11 is 0. The third-order valence-corrected chi connectivity index (χ3v) is 9.71. The van der Waals surface area contributed by atoms with Gasteiger partial charge in [-0.05, 0) is 64.2 Å². The molecule has 0 saturated heterocycles. The smallest absolute Gasteiger partial charge is 0.747 e. The maximum absolute atomic E-state index is 12.3. The first-order chi connectivity index (χ1) is 21.4. The summed E-state index contributed by atoms with van der Waals surface area (Å²) in [6, 6.07) is 0. The number of carbonyl (C=O) groups excluding carboxylic acids is 2. The monoisotopic (exact) mass is 709 g/mol. The number of hydrogen-bond donors (Lipinski definition) is 0. The van der Waals surface area contributed by atoms with Crippen LogP contribution in [0.4, 0.5) is 0 Å². The molecule has 0 aliphatic heterocycles. The second kappa shape index (κ2) is 35.2. The van der Waals surface area contributed by atoms with Gasteiger partial charge < -0.3 is 18.5 Å². The van der Waals surface area contributed by atoms with Crippen molar-refractivity contribution in [3.05, 3.63) is 0 Å². The van der Waals surface area contributed by atoms with Crippen LogP contribution >= 0.6 is 0 Å². The molecule has 0 aliphatic rings. The first-order valence-corrected chi connectivity index (χ1v) is 20.1. The van der Waals surface area contributed by atoms with Gasteiger partial charge in [0.1, 0.15) is 22.3 Å². The Morgan fingerprint density at radius 3 is 1.21 bits per heavy atom. The largest absolute Gasteiger partial charge is 1.00 e. The van der Waals surface area contributed by atoms with E-state index in [9.17, 15) is 22.6 Å². The Kier molecular flexibility index (Phi) is 40.9. The number of hydrogen-bond acceptors (Lipinski definition) is 7. The molecule has 3 atom stereocenters. The van der Waals surface area contributed by atoms with E-state index in [0.717, 1.165) is 38.5 Å². The average Bonchev–Trinajstić information content (AvgIpc) is 3.01. The fourth-order valence-corrected chi connectivity index (χ4v) is 6.14. The van der Waals surface area contributed by atoms with E-state index in [1.807, 2.05) is 20.8 Å². The van der Waals surface area contributed by atoms with Gasteiger partial charge in [0.05, 0.1) is 32.6 Å². The van der Waals surface area contributed by atoms with Gasteiger partial charge in [-0.3, -0.25) is 9.59 Å². The molecular formula is C36H73NNa2O7S+2. The number of quaternary nitrogens is 1. The standard InChI is InChI=1S/C20H38O7S.C16H36N.2Na/c1-5-9-11-13-16(7-3)26-19(21)15-18(28(23,24)25)20(22)27-17(8-4)14-12-10-6-2;1-5-9-13-17(14-10-6-2,15-11-7-3)16-12-8-4;;/h16-18H,5-15H2,1-4H3,(H,23,24,25);5-16H2,1-4H3;;/q;3*+1/p-1. The Labute approximate surface area is 335 Å². The number of esters is 2. The van der Waals surface area contributed by atoms with Crippen molar-refractivity contribution in [3.63, 3.8) is 0 Å². The van der Waals surface area contributed by atoms with Gasteiger partial charge in [-0.15, -0.1) is 0 Å². The third-order valence-electron chi connectivity index (χ3n) is 8.66. The van der Waals surface area contributed by atoms with Crippen molar-refractivity contribution in [2.45, 2.75) is 195 Å². The molecular weight excluding hydrogens is 636 g/mol. The minimum Gasteiger partial charge on any atom is -0.747 e. The van der Waals surface area contributed by atoms with Crippen LogP contribution in [0.5, 0.6) is 0 Å². The first kappa shape index (κ1) is 54.6. The fourth-order valence-electron chi connectivity index (χ4n) is 5.51. The Morgan fingerprint density at radius 2 is 0.915 bits per heavy atom. The van der Waals surface area contributed by atoms with Crippen LogP contribution in [0.3, 0.4) is 0 Å². The van der Waals surface area contributed by atoms with Crippen molar-refractivity contribution >= 4 is 22.1 Å². The maximum Gasteiger partial charge on any atom is 1.00 e.